The van der Waals surface area contributed by atoms with Gasteiger partial charge in [-0.2, -0.15) is 0 Å². The van der Waals surface area contributed by atoms with Gasteiger partial charge in [-0.1, -0.05) is 46.4 Å². The van der Waals surface area contributed by atoms with E-state index in [0.717, 1.165) is 5.56 Å². The third-order valence-corrected chi connectivity index (χ3v) is 4.71. The van der Waals surface area contributed by atoms with Crippen molar-refractivity contribution in [2.75, 3.05) is 19.8 Å². The van der Waals surface area contributed by atoms with E-state index < -0.39 is 0 Å². The van der Waals surface area contributed by atoms with E-state index in [2.05, 4.69) is 4.98 Å². The van der Waals surface area contributed by atoms with Gasteiger partial charge in [0.05, 0.1) is 23.8 Å². The Morgan fingerprint density at radius 2 is 1.73 bits per heavy atom. The molecule has 0 atom stereocenters. The SMILES string of the molecule is CC(=O)c1cc(OCC=C(Cl)Cl)cc(Cl)c1OCCCCOc1ncc(C)cc1Cl. The van der Waals surface area contributed by atoms with Crippen LogP contribution in [0.4, 0.5) is 0 Å². The maximum Gasteiger partial charge on any atom is 0.232 e. The van der Waals surface area contributed by atoms with Crippen LogP contribution in [0.15, 0.2) is 35.0 Å². The monoisotopic (exact) mass is 491 g/mol. The lowest BCUT2D eigenvalue weighted by Gasteiger charge is -2.14. The Hall–Kier alpha value is -1.66. The number of hydrogen-bond acceptors (Lipinski definition) is 5. The minimum Gasteiger partial charge on any atom is -0.491 e. The molecule has 0 amide bonds. The van der Waals surface area contributed by atoms with Crippen molar-refractivity contribution in [2.45, 2.75) is 26.7 Å². The Kier molecular flexibility index (Phi) is 10.1. The molecule has 0 unspecified atom stereocenters. The van der Waals surface area contributed by atoms with Crippen molar-refractivity contribution < 1.29 is 19.0 Å². The number of nitrogens with zero attached hydrogens (tertiary/aromatic N) is 1. The van der Waals surface area contributed by atoms with Crippen LogP contribution in [-0.4, -0.2) is 30.6 Å². The predicted octanol–water partition coefficient (Wildman–Crippen LogP) is 6.84. The van der Waals surface area contributed by atoms with Crippen LogP contribution in [-0.2, 0) is 0 Å². The maximum atomic E-state index is 12.0. The number of ketones is 1. The molecule has 0 aliphatic heterocycles. The third kappa shape index (κ3) is 7.88. The summed E-state index contributed by atoms with van der Waals surface area (Å²) in [5, 5.41) is 0.765. The number of aromatic nitrogens is 1. The molecule has 1 aromatic heterocycles. The highest BCUT2D eigenvalue weighted by atomic mass is 35.5. The molecule has 0 aliphatic carbocycles. The van der Waals surface area contributed by atoms with Crippen LogP contribution >= 0.6 is 46.4 Å². The van der Waals surface area contributed by atoms with Crippen LogP contribution in [0.5, 0.6) is 17.4 Å². The summed E-state index contributed by atoms with van der Waals surface area (Å²) in [6.07, 6.45) is 4.58. The molecule has 1 aromatic carbocycles. The van der Waals surface area contributed by atoms with Gasteiger partial charge in [-0.25, -0.2) is 4.98 Å². The van der Waals surface area contributed by atoms with Gasteiger partial charge in [-0.3, -0.25) is 4.79 Å². The van der Waals surface area contributed by atoms with Crippen LogP contribution in [0.25, 0.3) is 0 Å². The first-order valence-corrected chi connectivity index (χ1v) is 10.6. The molecule has 1 heterocycles. The topological polar surface area (TPSA) is 57.7 Å². The number of pyridine rings is 1. The molecule has 0 saturated heterocycles. The number of rotatable bonds is 11. The first kappa shape index (κ1) is 24.6. The van der Waals surface area contributed by atoms with Gasteiger partial charge in [-0.05, 0) is 50.5 Å². The van der Waals surface area contributed by atoms with E-state index >= 15 is 0 Å². The Balaban J connectivity index is 1.87. The van der Waals surface area contributed by atoms with Crippen molar-refractivity contribution in [3.8, 4) is 17.4 Å². The fourth-order valence-electron chi connectivity index (χ4n) is 2.44. The molecular formula is C21H21Cl4NO4. The molecule has 0 saturated carbocycles. The predicted molar refractivity (Wildman–Crippen MR) is 121 cm³/mol. The Labute approximate surface area is 195 Å². The largest absolute Gasteiger partial charge is 0.491 e. The maximum absolute atomic E-state index is 12.0. The van der Waals surface area contributed by atoms with Crippen LogP contribution in [0.1, 0.15) is 35.7 Å². The molecule has 0 fully saturated rings. The van der Waals surface area contributed by atoms with E-state index in [4.69, 9.17) is 60.6 Å². The number of halogens is 4. The van der Waals surface area contributed by atoms with Crippen LogP contribution in [0, 0.1) is 6.92 Å². The molecule has 162 valence electrons. The van der Waals surface area contributed by atoms with Crippen LogP contribution in [0.3, 0.4) is 0 Å². The first-order chi connectivity index (χ1) is 14.3. The molecule has 2 rings (SSSR count). The highest BCUT2D eigenvalue weighted by Crippen LogP contribution is 2.34. The number of unbranched alkanes of at least 4 members (excludes halogenated alkanes) is 1. The summed E-state index contributed by atoms with van der Waals surface area (Å²) >= 11 is 23.5. The molecular weight excluding hydrogens is 472 g/mol. The van der Waals surface area contributed by atoms with Gasteiger partial charge in [0.1, 0.15) is 27.6 Å². The van der Waals surface area contributed by atoms with E-state index in [0.29, 0.717) is 54.0 Å². The third-order valence-electron chi connectivity index (χ3n) is 3.85. The minimum absolute atomic E-state index is 0.0947. The van der Waals surface area contributed by atoms with Crippen LogP contribution < -0.4 is 14.2 Å². The number of hydrogen-bond donors (Lipinski definition) is 0. The van der Waals surface area contributed by atoms with E-state index in [1.165, 1.54) is 13.0 Å². The number of ether oxygens (including phenoxy) is 3. The lowest BCUT2D eigenvalue weighted by atomic mass is 10.1. The fourth-order valence-corrected chi connectivity index (χ4v) is 3.10. The van der Waals surface area contributed by atoms with Crippen molar-refractivity contribution in [1.29, 1.82) is 0 Å². The highest BCUT2D eigenvalue weighted by Gasteiger charge is 2.15. The number of benzene rings is 1. The zero-order chi connectivity index (χ0) is 22.1. The van der Waals surface area contributed by atoms with Gasteiger partial charge in [-0.15, -0.1) is 0 Å². The second-order valence-electron chi connectivity index (χ2n) is 6.35. The zero-order valence-corrected chi connectivity index (χ0v) is 19.5. The van der Waals surface area contributed by atoms with Crippen molar-refractivity contribution in [2.24, 2.45) is 0 Å². The molecule has 9 heteroatoms. The fraction of sp³-hybridized carbons (Fsp3) is 0.333. The molecule has 0 bridgehead atoms. The molecule has 30 heavy (non-hydrogen) atoms. The van der Waals surface area contributed by atoms with Gasteiger partial charge in [0.2, 0.25) is 5.88 Å². The molecule has 5 nitrogen and oxygen atoms in total. The van der Waals surface area contributed by atoms with Crippen LogP contribution in [0.2, 0.25) is 10.0 Å². The molecule has 2 aromatic rings. The highest BCUT2D eigenvalue weighted by molar-refractivity contribution is 6.55. The smallest absolute Gasteiger partial charge is 0.232 e. The van der Waals surface area contributed by atoms with Crippen molar-refractivity contribution in [3.63, 3.8) is 0 Å². The lowest BCUT2D eigenvalue weighted by molar-refractivity contribution is 0.101. The second-order valence-corrected chi connectivity index (χ2v) is 8.17. The van der Waals surface area contributed by atoms with Gasteiger partial charge in [0.15, 0.2) is 5.78 Å². The number of carbonyl (C=O) groups is 1. The quantitative estimate of drug-likeness (QED) is 0.254. The second kappa shape index (κ2) is 12.3. The summed E-state index contributed by atoms with van der Waals surface area (Å²) in [6, 6.07) is 4.95. The zero-order valence-electron chi connectivity index (χ0n) is 16.5. The van der Waals surface area contributed by atoms with Crippen molar-refractivity contribution in [3.05, 3.63) is 56.1 Å². The summed E-state index contributed by atoms with van der Waals surface area (Å²) in [7, 11) is 0. The van der Waals surface area contributed by atoms with Gasteiger partial charge in [0.25, 0.3) is 0 Å². The molecule has 0 aliphatic rings. The lowest BCUT2D eigenvalue weighted by Crippen LogP contribution is -2.07. The minimum atomic E-state index is -0.188. The average molecular weight is 493 g/mol. The molecule has 0 radical (unpaired) electrons. The normalized spacial score (nSPS) is 10.5. The average Bonchev–Trinajstić information content (AvgIpc) is 2.66. The standard InChI is InChI=1S/C21H21Cl4NO4/c1-13-9-18(23)21(26-12-13)30-7-4-3-6-29-20-16(14(2)27)10-15(11-17(20)22)28-8-5-19(24)25/h5,9-12H,3-4,6-8H2,1-2H3. The van der Waals surface area contributed by atoms with E-state index in [1.54, 1.807) is 24.4 Å². The summed E-state index contributed by atoms with van der Waals surface area (Å²) in [5.74, 6) is 0.962. The van der Waals surface area contributed by atoms with Gasteiger partial charge < -0.3 is 14.2 Å². The van der Waals surface area contributed by atoms with Crippen molar-refractivity contribution in [1.82, 2.24) is 4.98 Å². The summed E-state index contributed by atoms with van der Waals surface area (Å²) in [4.78, 5) is 16.2. The molecule has 0 spiro atoms. The van der Waals surface area contributed by atoms with E-state index in [1.807, 2.05) is 6.92 Å². The summed E-state index contributed by atoms with van der Waals surface area (Å²) in [5.41, 5.74) is 1.31. The molecule has 0 N–H and O–H groups in total. The van der Waals surface area contributed by atoms with Gasteiger partial charge >= 0.3 is 0 Å². The van der Waals surface area contributed by atoms with E-state index in [9.17, 15) is 4.79 Å². The Bertz CT molecular complexity index is 914. The number of aryl methyl sites for hydroxylation is 1. The van der Waals surface area contributed by atoms with Crippen molar-refractivity contribution >= 4 is 52.2 Å². The van der Waals surface area contributed by atoms with Gasteiger partial charge in [0, 0.05) is 12.3 Å². The number of carbonyl (C=O) groups excluding carboxylic acids is 1. The summed E-state index contributed by atoms with van der Waals surface area (Å²) < 4.78 is 16.9. The summed E-state index contributed by atoms with van der Waals surface area (Å²) in [6.45, 7) is 4.30. The number of Topliss-reactive ketones (excluding diaryl/α,β-unsaturated/α-hetero) is 1. The Morgan fingerprint density at radius 1 is 1.03 bits per heavy atom. The Morgan fingerprint density at radius 3 is 2.37 bits per heavy atom. The first-order valence-electron chi connectivity index (χ1n) is 9.14. The van der Waals surface area contributed by atoms with E-state index in [-0.39, 0.29) is 21.9 Å².